The molecule has 24 heavy (non-hydrogen) atoms. The summed E-state index contributed by atoms with van der Waals surface area (Å²) in [5.74, 6) is -0.0752. The normalized spacial score (nSPS) is 14.2. The summed E-state index contributed by atoms with van der Waals surface area (Å²) in [6.07, 6.45) is 0.176. The fourth-order valence-corrected chi connectivity index (χ4v) is 2.53. The van der Waals surface area contributed by atoms with Crippen molar-refractivity contribution >= 4 is 17.5 Å². The van der Waals surface area contributed by atoms with Crippen LogP contribution in [0.15, 0.2) is 42.5 Å². The molecule has 1 atom stereocenters. The van der Waals surface area contributed by atoms with Crippen LogP contribution in [0.4, 0.5) is 10.1 Å². The molecule has 0 bridgehead atoms. The van der Waals surface area contributed by atoms with E-state index in [4.69, 9.17) is 4.74 Å². The van der Waals surface area contributed by atoms with Crippen LogP contribution in [0.25, 0.3) is 0 Å². The van der Waals surface area contributed by atoms with Crippen LogP contribution in [0.2, 0.25) is 0 Å². The van der Waals surface area contributed by atoms with Gasteiger partial charge < -0.3 is 15.4 Å². The van der Waals surface area contributed by atoms with Crippen molar-refractivity contribution in [3.63, 3.8) is 0 Å². The van der Waals surface area contributed by atoms with Crippen LogP contribution in [0, 0.1) is 5.82 Å². The first-order valence-electron chi connectivity index (χ1n) is 7.61. The summed E-state index contributed by atoms with van der Waals surface area (Å²) in [6, 6.07) is 11.0. The molecular formula is C18H17FN2O3. The minimum Gasteiger partial charge on any atom is -0.482 e. The Labute approximate surface area is 138 Å². The number of rotatable bonds is 4. The summed E-state index contributed by atoms with van der Waals surface area (Å²) >= 11 is 0. The van der Waals surface area contributed by atoms with Crippen molar-refractivity contribution in [1.82, 2.24) is 5.32 Å². The van der Waals surface area contributed by atoms with Gasteiger partial charge in [-0.3, -0.25) is 9.59 Å². The molecule has 1 unspecified atom stereocenters. The van der Waals surface area contributed by atoms with Gasteiger partial charge in [-0.05, 0) is 42.3 Å². The minimum absolute atomic E-state index is 0.0102. The summed E-state index contributed by atoms with van der Waals surface area (Å²) in [4.78, 5) is 23.5. The minimum atomic E-state index is -0.328. The number of hydrogen-bond donors (Lipinski definition) is 2. The van der Waals surface area contributed by atoms with E-state index in [1.54, 1.807) is 24.3 Å². The van der Waals surface area contributed by atoms with Crippen molar-refractivity contribution in [2.75, 3.05) is 11.9 Å². The smallest absolute Gasteiger partial charge is 0.262 e. The zero-order chi connectivity index (χ0) is 17.1. The van der Waals surface area contributed by atoms with Crippen LogP contribution < -0.4 is 15.4 Å². The second kappa shape index (κ2) is 6.70. The fraction of sp³-hybridized carbons (Fsp3) is 0.222. The fourth-order valence-electron chi connectivity index (χ4n) is 2.53. The second-order valence-corrected chi connectivity index (χ2v) is 5.68. The van der Waals surface area contributed by atoms with Crippen molar-refractivity contribution in [3.8, 4) is 5.75 Å². The summed E-state index contributed by atoms with van der Waals surface area (Å²) in [5.41, 5.74) is 2.20. The summed E-state index contributed by atoms with van der Waals surface area (Å²) in [6.45, 7) is 1.87. The molecule has 0 saturated heterocycles. The van der Waals surface area contributed by atoms with Crippen molar-refractivity contribution in [2.45, 2.75) is 19.4 Å². The number of nitrogens with one attached hydrogen (secondary N) is 2. The molecular weight excluding hydrogens is 311 g/mol. The number of hydrogen-bond acceptors (Lipinski definition) is 3. The van der Waals surface area contributed by atoms with Crippen LogP contribution >= 0.6 is 0 Å². The lowest BCUT2D eigenvalue weighted by Gasteiger charge is -2.21. The Morgan fingerprint density at radius 3 is 2.79 bits per heavy atom. The van der Waals surface area contributed by atoms with Gasteiger partial charge in [0.25, 0.3) is 5.91 Å². The number of benzene rings is 2. The predicted molar refractivity (Wildman–Crippen MR) is 87.2 cm³/mol. The van der Waals surface area contributed by atoms with Crippen molar-refractivity contribution in [3.05, 3.63) is 59.4 Å². The van der Waals surface area contributed by atoms with Gasteiger partial charge >= 0.3 is 0 Å². The van der Waals surface area contributed by atoms with Crippen LogP contribution in [0.1, 0.15) is 24.1 Å². The topological polar surface area (TPSA) is 67.4 Å². The molecule has 0 radical (unpaired) electrons. The van der Waals surface area contributed by atoms with Gasteiger partial charge in [0.1, 0.15) is 11.6 Å². The molecule has 3 rings (SSSR count). The van der Waals surface area contributed by atoms with Crippen molar-refractivity contribution in [2.24, 2.45) is 0 Å². The molecule has 2 aromatic rings. The van der Waals surface area contributed by atoms with E-state index in [0.717, 1.165) is 11.1 Å². The number of amides is 2. The van der Waals surface area contributed by atoms with Crippen molar-refractivity contribution < 1.29 is 18.7 Å². The highest BCUT2D eigenvalue weighted by atomic mass is 19.1. The Balaban J connectivity index is 1.65. The molecule has 0 fully saturated rings. The second-order valence-electron chi connectivity index (χ2n) is 5.68. The molecule has 6 heteroatoms. The first-order chi connectivity index (χ1) is 11.5. The first kappa shape index (κ1) is 16.0. The molecule has 0 aromatic heterocycles. The van der Waals surface area contributed by atoms with E-state index in [-0.39, 0.29) is 36.7 Å². The highest BCUT2D eigenvalue weighted by Crippen LogP contribution is 2.30. The van der Waals surface area contributed by atoms with Gasteiger partial charge in [0, 0.05) is 0 Å². The van der Waals surface area contributed by atoms with Gasteiger partial charge in [0.15, 0.2) is 6.61 Å². The molecule has 2 N–H and O–H groups in total. The van der Waals surface area contributed by atoms with Gasteiger partial charge in [0.05, 0.1) is 18.2 Å². The zero-order valence-corrected chi connectivity index (χ0v) is 13.1. The quantitative estimate of drug-likeness (QED) is 0.906. The highest BCUT2D eigenvalue weighted by Gasteiger charge is 2.18. The third-order valence-corrected chi connectivity index (χ3v) is 3.79. The van der Waals surface area contributed by atoms with E-state index in [1.807, 2.05) is 13.0 Å². The van der Waals surface area contributed by atoms with Crippen LogP contribution in [-0.4, -0.2) is 18.4 Å². The third-order valence-electron chi connectivity index (χ3n) is 3.79. The Morgan fingerprint density at radius 1 is 1.29 bits per heavy atom. The molecule has 1 aliphatic rings. The Hall–Kier alpha value is -2.89. The number of ether oxygens (including phenoxy) is 1. The molecule has 124 valence electrons. The maximum Gasteiger partial charge on any atom is 0.262 e. The Bertz CT molecular complexity index is 774. The highest BCUT2D eigenvalue weighted by molar-refractivity contribution is 5.95. The molecule has 2 amide bonds. The van der Waals surface area contributed by atoms with E-state index in [1.165, 1.54) is 12.1 Å². The predicted octanol–water partition coefficient (Wildman–Crippen LogP) is 2.58. The van der Waals surface area contributed by atoms with E-state index < -0.39 is 0 Å². The average molecular weight is 328 g/mol. The third kappa shape index (κ3) is 3.71. The molecule has 1 heterocycles. The summed E-state index contributed by atoms with van der Waals surface area (Å²) in [5, 5.41) is 5.63. The van der Waals surface area contributed by atoms with E-state index in [2.05, 4.69) is 10.6 Å². The van der Waals surface area contributed by atoms with Crippen LogP contribution in [0.5, 0.6) is 5.75 Å². The van der Waals surface area contributed by atoms with E-state index >= 15 is 0 Å². The SMILES string of the molecule is CC(NC(=O)Cc1ccc(F)cc1)c1ccc2c(c1)NC(=O)CO2. The lowest BCUT2D eigenvalue weighted by molar-refractivity contribution is -0.121. The van der Waals surface area contributed by atoms with E-state index in [9.17, 15) is 14.0 Å². The number of halogens is 1. The van der Waals surface area contributed by atoms with Gasteiger partial charge in [-0.1, -0.05) is 18.2 Å². The Morgan fingerprint density at radius 2 is 2.04 bits per heavy atom. The standard InChI is InChI=1S/C18H17FN2O3/c1-11(20-17(22)8-12-2-5-14(19)6-3-12)13-4-7-16-15(9-13)21-18(23)10-24-16/h2-7,9,11H,8,10H2,1H3,(H,20,22)(H,21,23). The Kier molecular flexibility index (Phi) is 4.46. The maximum absolute atomic E-state index is 12.9. The van der Waals surface area contributed by atoms with E-state index in [0.29, 0.717) is 11.4 Å². The van der Waals surface area contributed by atoms with Crippen LogP contribution in [0.3, 0.4) is 0 Å². The molecule has 2 aromatic carbocycles. The lowest BCUT2D eigenvalue weighted by atomic mass is 10.1. The molecule has 0 spiro atoms. The van der Waals surface area contributed by atoms with Gasteiger partial charge in [-0.2, -0.15) is 0 Å². The first-order valence-corrected chi connectivity index (χ1v) is 7.61. The zero-order valence-electron chi connectivity index (χ0n) is 13.1. The molecule has 5 nitrogen and oxygen atoms in total. The van der Waals surface area contributed by atoms with Gasteiger partial charge in [0.2, 0.25) is 5.91 Å². The molecule has 1 aliphatic heterocycles. The molecule has 0 saturated carbocycles. The maximum atomic E-state index is 12.9. The lowest BCUT2D eigenvalue weighted by Crippen LogP contribution is -2.29. The summed E-state index contributed by atoms with van der Waals surface area (Å²) < 4.78 is 18.2. The largest absolute Gasteiger partial charge is 0.482 e. The number of fused-ring (bicyclic) bond motifs is 1. The number of carbonyl (C=O) groups is 2. The van der Waals surface area contributed by atoms with Crippen molar-refractivity contribution in [1.29, 1.82) is 0 Å². The summed E-state index contributed by atoms with van der Waals surface area (Å²) in [7, 11) is 0. The monoisotopic (exact) mass is 328 g/mol. The number of carbonyl (C=O) groups excluding carboxylic acids is 2. The average Bonchev–Trinajstić information content (AvgIpc) is 2.56. The number of anilines is 1. The van der Waals surface area contributed by atoms with Gasteiger partial charge in [-0.25, -0.2) is 4.39 Å². The molecule has 0 aliphatic carbocycles. The van der Waals surface area contributed by atoms with Crippen LogP contribution in [-0.2, 0) is 16.0 Å². The van der Waals surface area contributed by atoms with Gasteiger partial charge in [-0.15, -0.1) is 0 Å².